The SMILES string of the molecule is Cc1cc(SCCC(=O)Nc2cc(Cl)ccc2C(F)(F)F)nc2ccccc12. The first-order valence-corrected chi connectivity index (χ1v) is 9.76. The van der Waals surface area contributed by atoms with E-state index in [0.29, 0.717) is 5.75 Å². The van der Waals surface area contributed by atoms with Gasteiger partial charge in [-0.1, -0.05) is 29.8 Å². The fraction of sp³-hybridized carbons (Fsp3) is 0.200. The minimum absolute atomic E-state index is 0.0437. The van der Waals surface area contributed by atoms with Crippen LogP contribution >= 0.6 is 23.4 Å². The first kappa shape index (κ1) is 20.5. The Balaban J connectivity index is 1.64. The Kier molecular flexibility index (Phi) is 6.15. The average molecular weight is 425 g/mol. The minimum atomic E-state index is -4.57. The van der Waals surface area contributed by atoms with Gasteiger partial charge in [0.25, 0.3) is 0 Å². The molecule has 0 aliphatic rings. The summed E-state index contributed by atoms with van der Waals surface area (Å²) in [6, 6.07) is 12.8. The van der Waals surface area contributed by atoms with Crippen LogP contribution in [0.15, 0.2) is 53.6 Å². The van der Waals surface area contributed by atoms with Gasteiger partial charge in [0, 0.05) is 22.6 Å². The summed E-state index contributed by atoms with van der Waals surface area (Å²) in [5, 5.41) is 4.25. The molecule has 2 aromatic carbocycles. The zero-order valence-corrected chi connectivity index (χ0v) is 16.4. The number of carbonyl (C=O) groups excluding carboxylic acids is 1. The Morgan fingerprint density at radius 1 is 1.18 bits per heavy atom. The monoisotopic (exact) mass is 424 g/mol. The quantitative estimate of drug-likeness (QED) is 0.486. The third kappa shape index (κ3) is 4.97. The van der Waals surface area contributed by atoms with Crippen LogP contribution in [-0.2, 0) is 11.0 Å². The predicted molar refractivity (Wildman–Crippen MR) is 107 cm³/mol. The van der Waals surface area contributed by atoms with E-state index in [2.05, 4.69) is 10.3 Å². The van der Waals surface area contributed by atoms with Crippen LogP contribution in [0.4, 0.5) is 18.9 Å². The molecule has 3 nitrogen and oxygen atoms in total. The molecule has 0 aliphatic heterocycles. The van der Waals surface area contributed by atoms with Crippen molar-refractivity contribution < 1.29 is 18.0 Å². The molecule has 0 fully saturated rings. The number of alkyl halides is 3. The number of halogens is 4. The molecule has 3 rings (SSSR count). The maximum absolute atomic E-state index is 13.1. The van der Waals surface area contributed by atoms with Gasteiger partial charge in [0.2, 0.25) is 5.91 Å². The van der Waals surface area contributed by atoms with Gasteiger partial charge in [-0.2, -0.15) is 13.2 Å². The average Bonchev–Trinajstić information content (AvgIpc) is 2.61. The molecule has 28 heavy (non-hydrogen) atoms. The number of carbonyl (C=O) groups is 1. The van der Waals surface area contributed by atoms with Crippen molar-refractivity contribution in [3.63, 3.8) is 0 Å². The first-order valence-electron chi connectivity index (χ1n) is 8.40. The summed E-state index contributed by atoms with van der Waals surface area (Å²) in [6.07, 6.45) is -4.53. The number of anilines is 1. The number of amides is 1. The number of nitrogens with zero attached hydrogens (tertiary/aromatic N) is 1. The normalized spacial score (nSPS) is 11.6. The number of hydrogen-bond acceptors (Lipinski definition) is 3. The molecule has 1 aromatic heterocycles. The van der Waals surface area contributed by atoms with Crippen LogP contribution in [0.25, 0.3) is 10.9 Å². The van der Waals surface area contributed by atoms with E-state index in [1.165, 1.54) is 11.8 Å². The van der Waals surface area contributed by atoms with Gasteiger partial charge in [0.1, 0.15) is 0 Å². The van der Waals surface area contributed by atoms with Crippen molar-refractivity contribution in [3.05, 3.63) is 64.7 Å². The molecular weight excluding hydrogens is 409 g/mol. The number of benzene rings is 2. The van der Waals surface area contributed by atoms with Crippen molar-refractivity contribution in [2.75, 3.05) is 11.1 Å². The van der Waals surface area contributed by atoms with Gasteiger partial charge in [-0.15, -0.1) is 11.8 Å². The number of rotatable bonds is 5. The molecular formula is C20H16ClF3N2OS. The van der Waals surface area contributed by atoms with Crippen molar-refractivity contribution >= 4 is 45.9 Å². The third-order valence-electron chi connectivity index (χ3n) is 4.04. The second-order valence-corrected chi connectivity index (χ2v) is 7.68. The summed E-state index contributed by atoms with van der Waals surface area (Å²) in [6.45, 7) is 1.98. The number of aryl methyl sites for hydroxylation is 1. The zero-order valence-electron chi connectivity index (χ0n) is 14.8. The maximum atomic E-state index is 13.1. The van der Waals surface area contributed by atoms with Crippen LogP contribution in [0, 0.1) is 6.92 Å². The summed E-state index contributed by atoms with van der Waals surface area (Å²) in [4.78, 5) is 16.7. The number of pyridine rings is 1. The summed E-state index contributed by atoms with van der Waals surface area (Å²) >= 11 is 7.15. The molecule has 0 spiro atoms. The highest BCUT2D eigenvalue weighted by atomic mass is 35.5. The van der Waals surface area contributed by atoms with Gasteiger partial charge in [-0.3, -0.25) is 4.79 Å². The summed E-state index contributed by atoms with van der Waals surface area (Å²) in [5.41, 5.74) is 0.675. The molecule has 0 radical (unpaired) electrons. The molecule has 0 saturated heterocycles. The van der Waals surface area contributed by atoms with Crippen LogP contribution in [0.3, 0.4) is 0 Å². The smallest absolute Gasteiger partial charge is 0.325 e. The minimum Gasteiger partial charge on any atom is -0.325 e. The first-order chi connectivity index (χ1) is 13.2. The summed E-state index contributed by atoms with van der Waals surface area (Å²) in [7, 11) is 0. The summed E-state index contributed by atoms with van der Waals surface area (Å²) in [5.74, 6) is -0.129. The molecule has 8 heteroatoms. The van der Waals surface area contributed by atoms with Crippen LogP contribution in [0.1, 0.15) is 17.5 Å². The van der Waals surface area contributed by atoms with Crippen LogP contribution in [0.5, 0.6) is 0 Å². The lowest BCUT2D eigenvalue weighted by molar-refractivity contribution is -0.137. The summed E-state index contributed by atoms with van der Waals surface area (Å²) < 4.78 is 39.2. The molecule has 3 aromatic rings. The van der Waals surface area contributed by atoms with E-state index >= 15 is 0 Å². The number of thioether (sulfide) groups is 1. The maximum Gasteiger partial charge on any atom is 0.418 e. The molecule has 1 N–H and O–H groups in total. The zero-order chi connectivity index (χ0) is 20.3. The van der Waals surface area contributed by atoms with E-state index in [4.69, 9.17) is 11.6 Å². The van der Waals surface area contributed by atoms with Gasteiger partial charge in [0.15, 0.2) is 0 Å². The predicted octanol–water partition coefficient (Wildman–Crippen LogP) is 6.34. The van der Waals surface area contributed by atoms with Crippen LogP contribution < -0.4 is 5.32 Å². The van der Waals surface area contributed by atoms with Gasteiger partial charge in [-0.25, -0.2) is 4.98 Å². The van der Waals surface area contributed by atoms with Crippen molar-refractivity contribution in [1.82, 2.24) is 4.98 Å². The van der Waals surface area contributed by atoms with Crippen molar-refractivity contribution in [2.24, 2.45) is 0 Å². The highest BCUT2D eigenvalue weighted by molar-refractivity contribution is 7.99. The second kappa shape index (κ2) is 8.41. The lowest BCUT2D eigenvalue weighted by atomic mass is 10.1. The van der Waals surface area contributed by atoms with Gasteiger partial charge < -0.3 is 5.32 Å². The Hall–Kier alpha value is -2.25. The molecule has 0 unspecified atom stereocenters. The Bertz CT molecular complexity index is 1020. The number of aromatic nitrogens is 1. The number of hydrogen-bond donors (Lipinski definition) is 1. The topological polar surface area (TPSA) is 42.0 Å². The van der Waals surface area contributed by atoms with Gasteiger partial charge in [0.05, 0.1) is 21.8 Å². The Labute approximate surface area is 169 Å². The lowest BCUT2D eigenvalue weighted by Gasteiger charge is -2.14. The fourth-order valence-corrected chi connectivity index (χ4v) is 3.81. The molecule has 0 saturated carbocycles. The lowest BCUT2D eigenvalue weighted by Crippen LogP contribution is -2.17. The number of nitrogens with one attached hydrogen (secondary N) is 1. The van der Waals surface area contributed by atoms with Gasteiger partial charge >= 0.3 is 6.18 Å². The molecule has 1 heterocycles. The van der Waals surface area contributed by atoms with E-state index in [-0.39, 0.29) is 17.1 Å². The van der Waals surface area contributed by atoms with E-state index < -0.39 is 17.6 Å². The van der Waals surface area contributed by atoms with Crippen molar-refractivity contribution in [2.45, 2.75) is 24.5 Å². The molecule has 0 atom stereocenters. The number of fused-ring (bicyclic) bond motifs is 1. The van der Waals surface area contributed by atoms with Gasteiger partial charge in [-0.05, 0) is 42.8 Å². The van der Waals surface area contributed by atoms with E-state index in [1.807, 2.05) is 37.3 Å². The van der Waals surface area contributed by atoms with Crippen molar-refractivity contribution in [3.8, 4) is 0 Å². The van der Waals surface area contributed by atoms with Crippen molar-refractivity contribution in [1.29, 1.82) is 0 Å². The molecule has 1 amide bonds. The largest absolute Gasteiger partial charge is 0.418 e. The highest BCUT2D eigenvalue weighted by Gasteiger charge is 2.33. The Morgan fingerprint density at radius 3 is 2.68 bits per heavy atom. The van der Waals surface area contributed by atoms with Crippen LogP contribution in [0.2, 0.25) is 5.02 Å². The van der Waals surface area contributed by atoms with Crippen LogP contribution in [-0.4, -0.2) is 16.6 Å². The third-order valence-corrected chi connectivity index (χ3v) is 5.19. The molecule has 0 bridgehead atoms. The second-order valence-electron chi connectivity index (χ2n) is 6.13. The molecule has 146 valence electrons. The Morgan fingerprint density at radius 2 is 1.93 bits per heavy atom. The standard InChI is InChI=1S/C20H16ClF3N2OS/c1-12-10-19(26-16-5-3-2-4-14(12)16)28-9-8-18(27)25-17-11-13(21)6-7-15(17)20(22,23)24/h2-7,10-11H,8-9H2,1H3,(H,25,27). The van der Waals surface area contributed by atoms with E-state index in [0.717, 1.165) is 39.7 Å². The van der Waals surface area contributed by atoms with E-state index in [9.17, 15) is 18.0 Å². The highest BCUT2D eigenvalue weighted by Crippen LogP contribution is 2.36. The number of para-hydroxylation sites is 1. The molecule has 0 aliphatic carbocycles. The van der Waals surface area contributed by atoms with E-state index in [1.54, 1.807) is 0 Å². The fourth-order valence-electron chi connectivity index (χ4n) is 2.72.